The van der Waals surface area contributed by atoms with Crippen LogP contribution in [0.5, 0.6) is 0 Å². The van der Waals surface area contributed by atoms with E-state index in [1.807, 2.05) is 0 Å². The van der Waals surface area contributed by atoms with E-state index in [-0.39, 0.29) is 5.70 Å². The minimum absolute atomic E-state index is 0.0641. The van der Waals surface area contributed by atoms with E-state index in [2.05, 4.69) is 15.9 Å². The molecule has 0 spiro atoms. The highest BCUT2D eigenvalue weighted by Gasteiger charge is 2.04. The molecule has 0 aliphatic rings. The van der Waals surface area contributed by atoms with E-state index in [1.165, 1.54) is 13.0 Å². The van der Waals surface area contributed by atoms with Gasteiger partial charge in [-0.2, -0.15) is 0 Å². The van der Waals surface area contributed by atoms with Gasteiger partial charge in [-0.15, -0.1) is 0 Å². The first-order valence-electron chi connectivity index (χ1n) is 3.78. The normalized spacial score (nSPS) is 11.5. The highest BCUT2D eigenvalue weighted by atomic mass is 79.9. The van der Waals surface area contributed by atoms with E-state index in [0.717, 1.165) is 4.47 Å². The number of nitro groups is 1. The lowest BCUT2D eigenvalue weighted by Crippen LogP contribution is -1.93. The molecule has 74 valence electrons. The van der Waals surface area contributed by atoms with Crippen molar-refractivity contribution in [2.24, 2.45) is 0 Å². The van der Waals surface area contributed by atoms with E-state index < -0.39 is 4.92 Å². The molecule has 0 bridgehead atoms. The zero-order chi connectivity index (χ0) is 10.7. The summed E-state index contributed by atoms with van der Waals surface area (Å²) in [7, 11) is 0. The molecular formula is C9H7BrClNO2. The van der Waals surface area contributed by atoms with E-state index in [4.69, 9.17) is 11.6 Å². The summed E-state index contributed by atoms with van der Waals surface area (Å²) in [6.45, 7) is 1.43. The van der Waals surface area contributed by atoms with Gasteiger partial charge in [-0.05, 0) is 17.7 Å². The first-order valence-corrected chi connectivity index (χ1v) is 4.95. The molecule has 1 aromatic carbocycles. The van der Waals surface area contributed by atoms with Crippen LogP contribution in [-0.2, 0) is 0 Å². The molecule has 0 aliphatic carbocycles. The lowest BCUT2D eigenvalue weighted by atomic mass is 10.2. The first kappa shape index (κ1) is 11.2. The average molecular weight is 277 g/mol. The van der Waals surface area contributed by atoms with Gasteiger partial charge in [0.25, 0.3) is 0 Å². The van der Waals surface area contributed by atoms with Crippen LogP contribution in [0.1, 0.15) is 12.5 Å². The van der Waals surface area contributed by atoms with Crippen molar-refractivity contribution < 1.29 is 4.92 Å². The van der Waals surface area contributed by atoms with Crippen LogP contribution in [-0.4, -0.2) is 4.92 Å². The fourth-order valence-electron chi connectivity index (χ4n) is 0.896. The van der Waals surface area contributed by atoms with Gasteiger partial charge in [0, 0.05) is 22.5 Å². The molecule has 0 atom stereocenters. The molecule has 0 fully saturated rings. The van der Waals surface area contributed by atoms with Crippen LogP contribution >= 0.6 is 27.5 Å². The molecule has 0 N–H and O–H groups in total. The molecule has 0 heterocycles. The Kier molecular flexibility index (Phi) is 3.66. The summed E-state index contributed by atoms with van der Waals surface area (Å²) < 4.78 is 0.846. The molecule has 0 unspecified atom stereocenters. The van der Waals surface area contributed by atoms with E-state index in [0.29, 0.717) is 10.6 Å². The van der Waals surface area contributed by atoms with Gasteiger partial charge in [0.15, 0.2) is 0 Å². The molecule has 0 aromatic heterocycles. The van der Waals surface area contributed by atoms with Crippen molar-refractivity contribution in [2.45, 2.75) is 6.92 Å². The van der Waals surface area contributed by atoms with Gasteiger partial charge in [-0.3, -0.25) is 10.1 Å². The SMILES string of the molecule is C/C(=C\c1ccc(Br)cc1Cl)[N+](=O)[O-]. The molecule has 1 aromatic rings. The van der Waals surface area contributed by atoms with Gasteiger partial charge >= 0.3 is 0 Å². The lowest BCUT2D eigenvalue weighted by molar-refractivity contribution is -0.422. The number of nitrogens with zero attached hydrogens (tertiary/aromatic N) is 1. The Hall–Kier alpha value is -0.870. The number of hydrogen-bond donors (Lipinski definition) is 0. The summed E-state index contributed by atoms with van der Waals surface area (Å²) in [4.78, 5) is 9.92. The molecule has 0 saturated heterocycles. The monoisotopic (exact) mass is 275 g/mol. The molecule has 14 heavy (non-hydrogen) atoms. The maximum atomic E-state index is 10.4. The Balaban J connectivity index is 3.09. The zero-order valence-corrected chi connectivity index (χ0v) is 9.67. The molecule has 1 rings (SSSR count). The summed E-state index contributed by atoms with van der Waals surface area (Å²) in [5.74, 6) is 0. The largest absolute Gasteiger partial charge is 0.259 e. The van der Waals surface area contributed by atoms with E-state index >= 15 is 0 Å². The second-order valence-electron chi connectivity index (χ2n) is 2.71. The van der Waals surface area contributed by atoms with E-state index in [9.17, 15) is 10.1 Å². The third-order valence-corrected chi connectivity index (χ3v) is 2.44. The van der Waals surface area contributed by atoms with Crippen LogP contribution in [0, 0.1) is 10.1 Å². The maximum Gasteiger partial charge on any atom is 0.243 e. The molecular weight excluding hydrogens is 269 g/mol. The fourth-order valence-corrected chi connectivity index (χ4v) is 1.62. The minimum atomic E-state index is -0.446. The maximum absolute atomic E-state index is 10.4. The summed E-state index contributed by atoms with van der Waals surface area (Å²) in [5, 5.41) is 10.9. The van der Waals surface area contributed by atoms with Crippen LogP contribution < -0.4 is 0 Å². The second kappa shape index (κ2) is 4.57. The Morgan fingerprint density at radius 2 is 2.29 bits per heavy atom. The van der Waals surface area contributed by atoms with Crippen LogP contribution in [0.25, 0.3) is 6.08 Å². The number of hydrogen-bond acceptors (Lipinski definition) is 2. The van der Waals surface area contributed by atoms with Crippen molar-refractivity contribution in [3.05, 3.63) is 49.1 Å². The van der Waals surface area contributed by atoms with Gasteiger partial charge in [-0.25, -0.2) is 0 Å². The molecule has 0 amide bonds. The number of benzene rings is 1. The third kappa shape index (κ3) is 2.82. The van der Waals surface area contributed by atoms with Gasteiger partial charge < -0.3 is 0 Å². The molecule has 5 heteroatoms. The minimum Gasteiger partial charge on any atom is -0.259 e. The third-order valence-electron chi connectivity index (χ3n) is 1.61. The number of rotatable bonds is 2. The highest BCUT2D eigenvalue weighted by Crippen LogP contribution is 2.23. The smallest absolute Gasteiger partial charge is 0.243 e. The van der Waals surface area contributed by atoms with Crippen LogP contribution in [0.3, 0.4) is 0 Å². The molecule has 0 saturated carbocycles. The predicted molar refractivity (Wildman–Crippen MR) is 59.8 cm³/mol. The number of allylic oxidation sites excluding steroid dienone is 1. The van der Waals surface area contributed by atoms with Crippen LogP contribution in [0.2, 0.25) is 5.02 Å². The fraction of sp³-hybridized carbons (Fsp3) is 0.111. The summed E-state index contributed by atoms with van der Waals surface area (Å²) >= 11 is 9.13. The Bertz CT molecular complexity index is 404. The molecule has 0 radical (unpaired) electrons. The Morgan fingerprint density at radius 3 is 2.79 bits per heavy atom. The van der Waals surface area contributed by atoms with Crippen molar-refractivity contribution >= 4 is 33.6 Å². The zero-order valence-electron chi connectivity index (χ0n) is 7.33. The predicted octanol–water partition coefficient (Wildman–Crippen LogP) is 3.74. The van der Waals surface area contributed by atoms with Gasteiger partial charge in [-0.1, -0.05) is 33.6 Å². The van der Waals surface area contributed by atoms with Crippen molar-refractivity contribution in [3.63, 3.8) is 0 Å². The van der Waals surface area contributed by atoms with Crippen molar-refractivity contribution in [1.29, 1.82) is 0 Å². The summed E-state index contributed by atoms with van der Waals surface area (Å²) in [6, 6.07) is 5.20. The van der Waals surface area contributed by atoms with Crippen molar-refractivity contribution in [3.8, 4) is 0 Å². The summed E-state index contributed by atoms with van der Waals surface area (Å²) in [5.41, 5.74) is 0.707. The van der Waals surface area contributed by atoms with Gasteiger partial charge in [0.05, 0.1) is 4.92 Å². The van der Waals surface area contributed by atoms with Gasteiger partial charge in [0.1, 0.15) is 0 Å². The quantitative estimate of drug-likeness (QED) is 0.610. The number of halogens is 2. The van der Waals surface area contributed by atoms with E-state index in [1.54, 1.807) is 18.2 Å². The molecule has 0 aliphatic heterocycles. The Morgan fingerprint density at radius 1 is 1.64 bits per heavy atom. The topological polar surface area (TPSA) is 43.1 Å². The van der Waals surface area contributed by atoms with Gasteiger partial charge in [0.2, 0.25) is 5.70 Å². The lowest BCUT2D eigenvalue weighted by Gasteiger charge is -1.98. The molecule has 3 nitrogen and oxygen atoms in total. The summed E-state index contributed by atoms with van der Waals surface area (Å²) in [6.07, 6.45) is 1.44. The van der Waals surface area contributed by atoms with Crippen molar-refractivity contribution in [2.75, 3.05) is 0 Å². The standard InChI is InChI=1S/C9H7BrClNO2/c1-6(12(13)14)4-7-2-3-8(10)5-9(7)11/h2-5H,1H3/b6-4+. The average Bonchev–Trinajstić information content (AvgIpc) is 2.09. The van der Waals surface area contributed by atoms with Crippen molar-refractivity contribution in [1.82, 2.24) is 0 Å². The van der Waals surface area contributed by atoms with Crippen LogP contribution in [0.4, 0.5) is 0 Å². The second-order valence-corrected chi connectivity index (χ2v) is 4.03. The Labute approximate surface area is 94.7 Å². The highest BCUT2D eigenvalue weighted by molar-refractivity contribution is 9.10. The van der Waals surface area contributed by atoms with Crippen LogP contribution in [0.15, 0.2) is 28.4 Å². The first-order chi connectivity index (χ1) is 6.50.